The quantitative estimate of drug-likeness (QED) is 0.213. The smallest absolute Gasteiger partial charge is 0.325 e. The zero-order valence-electron chi connectivity index (χ0n) is 11.9. The number of carboxylic acids is 1. The Morgan fingerprint density at radius 2 is 1.77 bits per heavy atom. The van der Waals surface area contributed by atoms with E-state index in [-0.39, 0.29) is 5.75 Å². The largest absolute Gasteiger partial charge is 0.480 e. The molecule has 7 N–H and O–H groups in total. The van der Waals surface area contributed by atoms with Crippen molar-refractivity contribution < 1.29 is 29.4 Å². The first-order valence-electron chi connectivity index (χ1n) is 6.30. The van der Waals surface area contributed by atoms with Gasteiger partial charge in [-0.3, -0.25) is 19.2 Å². The lowest BCUT2D eigenvalue weighted by Gasteiger charge is -2.18. The number of aliphatic hydroxyl groups is 1. The van der Waals surface area contributed by atoms with Gasteiger partial charge in [0.25, 0.3) is 0 Å². The highest BCUT2D eigenvalue weighted by atomic mass is 32.1. The Kier molecular flexibility index (Phi) is 9.13. The van der Waals surface area contributed by atoms with Gasteiger partial charge in [-0.2, -0.15) is 12.6 Å². The molecule has 10 nitrogen and oxygen atoms in total. The Labute approximate surface area is 132 Å². The predicted octanol–water partition coefficient (Wildman–Crippen LogP) is -3.57. The molecule has 0 spiro atoms. The number of aliphatic hydroxyl groups excluding tert-OH is 1. The second kappa shape index (κ2) is 9.97. The van der Waals surface area contributed by atoms with E-state index in [9.17, 15) is 19.2 Å². The molecule has 0 aliphatic rings. The molecule has 0 aliphatic heterocycles. The minimum Gasteiger partial charge on any atom is -0.480 e. The van der Waals surface area contributed by atoms with E-state index >= 15 is 0 Å². The van der Waals surface area contributed by atoms with E-state index in [4.69, 9.17) is 15.9 Å². The van der Waals surface area contributed by atoms with Gasteiger partial charge in [0.2, 0.25) is 17.7 Å². The van der Waals surface area contributed by atoms with Gasteiger partial charge in [-0.05, 0) is 6.92 Å². The van der Waals surface area contributed by atoms with Crippen LogP contribution in [-0.2, 0) is 19.2 Å². The normalized spacial score (nSPS) is 14.4. The number of carbonyl (C=O) groups is 4. The van der Waals surface area contributed by atoms with Crippen LogP contribution in [0.3, 0.4) is 0 Å². The monoisotopic (exact) mass is 336 g/mol. The molecule has 0 aliphatic carbocycles. The minimum absolute atomic E-state index is 0.0527. The van der Waals surface area contributed by atoms with Crippen LogP contribution in [0.25, 0.3) is 0 Å². The van der Waals surface area contributed by atoms with Crippen molar-refractivity contribution in [3.05, 3.63) is 0 Å². The first-order chi connectivity index (χ1) is 10.2. The highest BCUT2D eigenvalue weighted by Crippen LogP contribution is 1.91. The second-order valence-corrected chi connectivity index (χ2v) is 4.74. The van der Waals surface area contributed by atoms with Crippen LogP contribution < -0.4 is 21.7 Å². The number of aliphatic carboxylic acids is 1. The molecule has 0 heterocycles. The van der Waals surface area contributed by atoms with Crippen LogP contribution in [0, 0.1) is 0 Å². The summed E-state index contributed by atoms with van der Waals surface area (Å²) in [6.45, 7) is 0.236. The number of rotatable bonds is 9. The van der Waals surface area contributed by atoms with Gasteiger partial charge in [-0.25, -0.2) is 0 Å². The number of carbonyl (C=O) groups excluding carboxylic acids is 3. The fourth-order valence-corrected chi connectivity index (χ4v) is 1.46. The first-order valence-corrected chi connectivity index (χ1v) is 6.93. The molecule has 0 aromatic rings. The maximum atomic E-state index is 11.8. The van der Waals surface area contributed by atoms with Crippen molar-refractivity contribution in [2.45, 2.75) is 25.0 Å². The lowest BCUT2D eigenvalue weighted by molar-refractivity contribution is -0.141. The molecule has 11 heteroatoms. The van der Waals surface area contributed by atoms with E-state index in [1.165, 1.54) is 6.92 Å². The molecule has 126 valence electrons. The van der Waals surface area contributed by atoms with Crippen LogP contribution >= 0.6 is 12.6 Å². The molecular formula is C11H20N4O6S. The summed E-state index contributed by atoms with van der Waals surface area (Å²) in [7, 11) is 0. The van der Waals surface area contributed by atoms with Crippen LogP contribution in [0.4, 0.5) is 0 Å². The number of carboxylic acid groups (broad SMARTS) is 1. The van der Waals surface area contributed by atoms with Crippen molar-refractivity contribution in [3.63, 3.8) is 0 Å². The highest BCUT2D eigenvalue weighted by molar-refractivity contribution is 7.80. The third-order valence-corrected chi connectivity index (χ3v) is 2.89. The zero-order valence-corrected chi connectivity index (χ0v) is 12.8. The minimum atomic E-state index is -1.21. The zero-order chi connectivity index (χ0) is 17.3. The maximum Gasteiger partial charge on any atom is 0.325 e. The molecule has 0 radical (unpaired) electrons. The summed E-state index contributed by atoms with van der Waals surface area (Å²) in [6, 6.07) is -3.31. The third-order valence-electron chi connectivity index (χ3n) is 2.52. The lowest BCUT2D eigenvalue weighted by atomic mass is 10.2. The van der Waals surface area contributed by atoms with Crippen LogP contribution in [0.5, 0.6) is 0 Å². The fraction of sp³-hybridized carbons (Fsp3) is 0.636. The average molecular weight is 336 g/mol. The van der Waals surface area contributed by atoms with Gasteiger partial charge in [-0.1, -0.05) is 0 Å². The van der Waals surface area contributed by atoms with Gasteiger partial charge in [0.15, 0.2) is 0 Å². The van der Waals surface area contributed by atoms with Crippen LogP contribution in [0.15, 0.2) is 0 Å². The maximum absolute atomic E-state index is 11.8. The second-order valence-electron chi connectivity index (χ2n) is 4.38. The van der Waals surface area contributed by atoms with E-state index in [2.05, 4.69) is 28.6 Å². The molecule has 0 rings (SSSR count). The Morgan fingerprint density at radius 1 is 1.18 bits per heavy atom. The molecule has 0 saturated carbocycles. The summed E-state index contributed by atoms with van der Waals surface area (Å²) >= 11 is 3.90. The van der Waals surface area contributed by atoms with Crippen molar-refractivity contribution in [2.24, 2.45) is 5.73 Å². The predicted molar refractivity (Wildman–Crippen MR) is 79.1 cm³/mol. The van der Waals surface area contributed by atoms with Gasteiger partial charge in [0.05, 0.1) is 13.2 Å². The van der Waals surface area contributed by atoms with Crippen LogP contribution in [-0.4, -0.2) is 70.9 Å². The molecule has 22 heavy (non-hydrogen) atoms. The van der Waals surface area contributed by atoms with E-state index in [1.807, 2.05) is 0 Å². The highest BCUT2D eigenvalue weighted by Gasteiger charge is 2.23. The number of nitrogens with one attached hydrogen (secondary N) is 3. The summed E-state index contributed by atoms with van der Waals surface area (Å²) < 4.78 is 0. The van der Waals surface area contributed by atoms with Gasteiger partial charge in [-0.15, -0.1) is 0 Å². The standard InChI is InChI=1S/C11H20N4O6S/c1-5(11(20)21)14-8(17)2-13-10(19)7(4-22)15-9(18)6(12)3-16/h5-7,16,22H,2-4,12H2,1H3,(H,13,19)(H,14,17)(H,15,18)(H,20,21). The van der Waals surface area contributed by atoms with E-state index in [1.54, 1.807) is 0 Å². The number of hydrogen-bond donors (Lipinski definition) is 7. The number of amides is 3. The van der Waals surface area contributed by atoms with Crippen molar-refractivity contribution in [1.29, 1.82) is 0 Å². The first kappa shape index (κ1) is 20.1. The molecule has 0 bridgehead atoms. The van der Waals surface area contributed by atoms with Gasteiger partial charge in [0, 0.05) is 5.75 Å². The molecule has 0 aromatic heterocycles. The third kappa shape index (κ3) is 7.24. The Morgan fingerprint density at radius 3 is 2.23 bits per heavy atom. The number of thiol groups is 1. The van der Waals surface area contributed by atoms with Crippen molar-refractivity contribution in [2.75, 3.05) is 18.9 Å². The van der Waals surface area contributed by atoms with E-state index < -0.39 is 55.0 Å². The van der Waals surface area contributed by atoms with Crippen LogP contribution in [0.2, 0.25) is 0 Å². The summed E-state index contributed by atoms with van der Waals surface area (Å²) in [5.41, 5.74) is 5.29. The van der Waals surface area contributed by atoms with Gasteiger partial charge < -0.3 is 31.9 Å². The molecule has 0 saturated heterocycles. The summed E-state index contributed by atoms with van der Waals surface area (Å²) in [4.78, 5) is 45.2. The Hall–Kier alpha value is -1.85. The van der Waals surface area contributed by atoms with Crippen molar-refractivity contribution in [1.82, 2.24) is 16.0 Å². The lowest BCUT2D eigenvalue weighted by Crippen LogP contribution is -2.54. The molecule has 3 amide bonds. The summed E-state index contributed by atoms with van der Waals surface area (Å²) in [5.74, 6) is -3.38. The fourth-order valence-electron chi connectivity index (χ4n) is 1.20. The molecule has 3 unspecified atom stereocenters. The van der Waals surface area contributed by atoms with E-state index in [0.29, 0.717) is 0 Å². The Bertz CT molecular complexity index is 433. The molecule has 0 fully saturated rings. The molecule has 3 atom stereocenters. The number of hydrogen-bond acceptors (Lipinski definition) is 7. The van der Waals surface area contributed by atoms with Crippen molar-refractivity contribution in [3.8, 4) is 0 Å². The average Bonchev–Trinajstić information content (AvgIpc) is 2.48. The number of nitrogens with two attached hydrogens (primary N) is 1. The van der Waals surface area contributed by atoms with Crippen LogP contribution in [0.1, 0.15) is 6.92 Å². The van der Waals surface area contributed by atoms with Crippen molar-refractivity contribution >= 4 is 36.3 Å². The summed E-state index contributed by atoms with van der Waals surface area (Å²) in [5, 5.41) is 24.0. The van der Waals surface area contributed by atoms with Gasteiger partial charge >= 0.3 is 5.97 Å². The summed E-state index contributed by atoms with van der Waals surface area (Å²) in [6.07, 6.45) is 0. The van der Waals surface area contributed by atoms with E-state index in [0.717, 1.165) is 0 Å². The topological polar surface area (TPSA) is 171 Å². The molecular weight excluding hydrogens is 316 g/mol. The SMILES string of the molecule is CC(NC(=O)CNC(=O)C(CS)NC(=O)C(N)CO)C(=O)O. The Balaban J connectivity index is 4.35. The van der Waals surface area contributed by atoms with Gasteiger partial charge in [0.1, 0.15) is 18.1 Å². The molecule has 0 aromatic carbocycles.